The number of hydrogen-bond donors (Lipinski definition) is 2. The Kier molecular flexibility index (Phi) is 3.46. The molecule has 94 valence electrons. The van der Waals surface area contributed by atoms with Crippen LogP contribution in [-0.2, 0) is 0 Å². The smallest absolute Gasteiger partial charge is 0.387 e. The number of carbonyl (C=O) groups is 1. The number of ether oxygens (including phenoxy) is 1. The Morgan fingerprint density at radius 2 is 2.17 bits per heavy atom. The van der Waals surface area contributed by atoms with E-state index in [9.17, 15) is 13.6 Å². The van der Waals surface area contributed by atoms with Crippen molar-refractivity contribution in [1.29, 1.82) is 0 Å². The molecule has 0 unspecified atom stereocenters. The predicted molar refractivity (Wildman–Crippen MR) is 57.4 cm³/mol. The van der Waals surface area contributed by atoms with Crippen molar-refractivity contribution in [2.45, 2.75) is 6.61 Å². The molecule has 0 aliphatic heterocycles. The van der Waals surface area contributed by atoms with Crippen LogP contribution in [0.5, 0.6) is 5.75 Å². The number of amides is 1. The molecule has 0 saturated heterocycles. The summed E-state index contributed by atoms with van der Waals surface area (Å²) >= 11 is 0. The van der Waals surface area contributed by atoms with Gasteiger partial charge in [-0.25, -0.2) is 4.98 Å². The maximum absolute atomic E-state index is 12.1. The highest BCUT2D eigenvalue weighted by Crippen LogP contribution is 2.25. The number of alkyl halides is 2. The lowest BCUT2D eigenvalue weighted by atomic mass is 10.3. The number of anilines is 1. The second-order valence-corrected chi connectivity index (χ2v) is 3.16. The Bertz CT molecular complexity index is 530. The minimum Gasteiger partial charge on any atom is -0.433 e. The van der Waals surface area contributed by atoms with Crippen LogP contribution in [0.3, 0.4) is 0 Å². The number of halogens is 2. The van der Waals surface area contributed by atoms with Crippen LogP contribution in [0.2, 0.25) is 0 Å². The summed E-state index contributed by atoms with van der Waals surface area (Å²) in [5.41, 5.74) is 0.124. The molecule has 8 heteroatoms. The monoisotopic (exact) mass is 254 g/mol. The van der Waals surface area contributed by atoms with Gasteiger partial charge in [-0.15, -0.1) is 0 Å². The number of nitrogens with zero attached hydrogens (tertiary/aromatic N) is 2. The molecular weight excluding hydrogens is 246 g/mol. The first kappa shape index (κ1) is 12.0. The molecule has 2 rings (SSSR count). The lowest BCUT2D eigenvalue weighted by Crippen LogP contribution is -2.15. The van der Waals surface area contributed by atoms with Gasteiger partial charge in [0.25, 0.3) is 5.91 Å². The summed E-state index contributed by atoms with van der Waals surface area (Å²) in [6.45, 7) is -2.96. The van der Waals surface area contributed by atoms with Gasteiger partial charge in [0.2, 0.25) is 5.82 Å². The van der Waals surface area contributed by atoms with Crippen molar-refractivity contribution in [2.24, 2.45) is 0 Å². The summed E-state index contributed by atoms with van der Waals surface area (Å²) in [7, 11) is 0. The van der Waals surface area contributed by atoms with Gasteiger partial charge in [-0.3, -0.25) is 9.89 Å². The number of aromatic nitrogens is 3. The number of aromatic amines is 1. The van der Waals surface area contributed by atoms with Gasteiger partial charge in [-0.05, 0) is 12.1 Å². The van der Waals surface area contributed by atoms with E-state index in [4.69, 9.17) is 0 Å². The topological polar surface area (TPSA) is 79.9 Å². The maximum Gasteiger partial charge on any atom is 0.387 e. The van der Waals surface area contributed by atoms with Crippen molar-refractivity contribution in [2.75, 3.05) is 5.32 Å². The zero-order valence-corrected chi connectivity index (χ0v) is 8.93. The SMILES string of the molecule is O=C(Nc1ccccc1OC(F)F)c1ncn[nH]1. The van der Waals surface area contributed by atoms with E-state index in [1.165, 1.54) is 18.2 Å². The molecule has 0 aliphatic rings. The van der Waals surface area contributed by atoms with E-state index < -0.39 is 12.5 Å². The van der Waals surface area contributed by atoms with E-state index in [1.807, 2.05) is 0 Å². The van der Waals surface area contributed by atoms with Gasteiger partial charge in [0.05, 0.1) is 5.69 Å². The van der Waals surface area contributed by atoms with E-state index >= 15 is 0 Å². The summed E-state index contributed by atoms with van der Waals surface area (Å²) in [4.78, 5) is 15.3. The second kappa shape index (κ2) is 5.21. The van der Waals surface area contributed by atoms with Crippen LogP contribution in [0.4, 0.5) is 14.5 Å². The number of rotatable bonds is 4. The summed E-state index contributed by atoms with van der Waals surface area (Å²) in [5.74, 6) is -0.750. The Morgan fingerprint density at radius 1 is 1.39 bits per heavy atom. The van der Waals surface area contributed by atoms with Gasteiger partial charge in [0.1, 0.15) is 12.1 Å². The lowest BCUT2D eigenvalue weighted by Gasteiger charge is -2.10. The van der Waals surface area contributed by atoms with Crippen molar-refractivity contribution >= 4 is 11.6 Å². The van der Waals surface area contributed by atoms with E-state index in [1.54, 1.807) is 6.07 Å². The number of benzene rings is 1. The van der Waals surface area contributed by atoms with Gasteiger partial charge in [0, 0.05) is 0 Å². The Labute approximate surface area is 100.0 Å². The van der Waals surface area contributed by atoms with Crippen LogP contribution >= 0.6 is 0 Å². The van der Waals surface area contributed by atoms with Crippen LogP contribution in [0.25, 0.3) is 0 Å². The molecule has 0 aliphatic carbocycles. The standard InChI is InChI=1S/C10H8F2N4O2/c11-10(12)18-7-4-2-1-3-6(7)15-9(17)8-13-5-14-16-8/h1-5,10H,(H,15,17)(H,13,14,16). The fourth-order valence-corrected chi connectivity index (χ4v) is 1.27. The molecule has 0 bridgehead atoms. The van der Waals surface area contributed by atoms with Crippen LogP contribution < -0.4 is 10.1 Å². The molecule has 18 heavy (non-hydrogen) atoms. The third-order valence-electron chi connectivity index (χ3n) is 1.98. The molecule has 1 heterocycles. The lowest BCUT2D eigenvalue weighted by molar-refractivity contribution is -0.0493. The third kappa shape index (κ3) is 2.78. The molecule has 0 radical (unpaired) electrons. The Morgan fingerprint density at radius 3 is 2.83 bits per heavy atom. The predicted octanol–water partition coefficient (Wildman–Crippen LogP) is 1.66. The highest BCUT2D eigenvalue weighted by Gasteiger charge is 2.14. The first-order valence-electron chi connectivity index (χ1n) is 4.87. The van der Waals surface area contributed by atoms with Gasteiger partial charge < -0.3 is 10.1 Å². The van der Waals surface area contributed by atoms with Crippen LogP contribution in [0, 0.1) is 0 Å². The fraction of sp³-hybridized carbons (Fsp3) is 0.100. The molecule has 6 nitrogen and oxygen atoms in total. The average Bonchev–Trinajstić information content (AvgIpc) is 2.84. The van der Waals surface area contributed by atoms with Crippen molar-refractivity contribution in [3.63, 3.8) is 0 Å². The minimum atomic E-state index is -2.96. The van der Waals surface area contributed by atoms with Crippen molar-refractivity contribution in [1.82, 2.24) is 15.2 Å². The highest BCUT2D eigenvalue weighted by atomic mass is 19.3. The van der Waals surface area contributed by atoms with Crippen molar-refractivity contribution < 1.29 is 18.3 Å². The van der Waals surface area contributed by atoms with Crippen molar-refractivity contribution in [3.8, 4) is 5.75 Å². The van der Waals surface area contributed by atoms with E-state index in [0.717, 1.165) is 6.33 Å². The molecule has 2 aromatic rings. The van der Waals surface area contributed by atoms with Gasteiger partial charge >= 0.3 is 6.61 Å². The molecule has 0 fully saturated rings. The zero-order chi connectivity index (χ0) is 13.0. The molecule has 1 aromatic carbocycles. The maximum atomic E-state index is 12.1. The quantitative estimate of drug-likeness (QED) is 0.869. The summed E-state index contributed by atoms with van der Waals surface area (Å²) < 4.78 is 28.6. The van der Waals surface area contributed by atoms with Crippen molar-refractivity contribution in [3.05, 3.63) is 36.4 Å². The van der Waals surface area contributed by atoms with Gasteiger partial charge in [0.15, 0.2) is 0 Å². The summed E-state index contributed by atoms with van der Waals surface area (Å²) in [6, 6.07) is 5.85. The Hall–Kier alpha value is -2.51. The van der Waals surface area contributed by atoms with E-state index in [2.05, 4.69) is 25.2 Å². The number of para-hydroxylation sites is 2. The minimum absolute atomic E-state index is 0.0261. The molecule has 0 spiro atoms. The highest BCUT2D eigenvalue weighted by molar-refractivity contribution is 6.02. The summed E-state index contributed by atoms with van der Waals surface area (Å²) in [5, 5.41) is 8.25. The molecular formula is C10H8F2N4O2. The summed E-state index contributed by atoms with van der Waals surface area (Å²) in [6.07, 6.45) is 1.16. The van der Waals surface area contributed by atoms with Crippen LogP contribution in [0.15, 0.2) is 30.6 Å². The van der Waals surface area contributed by atoms with Crippen LogP contribution in [0.1, 0.15) is 10.6 Å². The second-order valence-electron chi connectivity index (χ2n) is 3.16. The normalized spacial score (nSPS) is 10.4. The number of nitrogens with one attached hydrogen (secondary N) is 2. The van der Waals surface area contributed by atoms with E-state index in [-0.39, 0.29) is 17.3 Å². The number of carbonyl (C=O) groups excluding carboxylic acids is 1. The van der Waals surface area contributed by atoms with Gasteiger partial charge in [-0.1, -0.05) is 12.1 Å². The molecule has 0 saturated carbocycles. The molecule has 2 N–H and O–H groups in total. The average molecular weight is 254 g/mol. The van der Waals surface area contributed by atoms with Crippen LogP contribution in [-0.4, -0.2) is 27.7 Å². The largest absolute Gasteiger partial charge is 0.433 e. The Balaban J connectivity index is 2.16. The fourth-order valence-electron chi connectivity index (χ4n) is 1.27. The zero-order valence-electron chi connectivity index (χ0n) is 8.93. The third-order valence-corrected chi connectivity index (χ3v) is 1.98. The molecule has 1 aromatic heterocycles. The molecule has 0 atom stereocenters. The number of hydrogen-bond acceptors (Lipinski definition) is 4. The van der Waals surface area contributed by atoms with Gasteiger partial charge in [-0.2, -0.15) is 13.9 Å². The molecule has 1 amide bonds. The first-order valence-corrected chi connectivity index (χ1v) is 4.87. The number of H-pyrrole nitrogens is 1. The first-order chi connectivity index (χ1) is 8.66. The van der Waals surface area contributed by atoms with E-state index in [0.29, 0.717) is 0 Å².